The molecule has 0 saturated heterocycles. The molecular weight excluding hydrogens is 150 g/mol. The largest absolute Gasteiger partial charge is 0.379 e. The van der Waals surface area contributed by atoms with Gasteiger partial charge < -0.3 is 10.5 Å². The topological polar surface area (TPSA) is 35.2 Å². The first-order valence-corrected chi connectivity index (χ1v) is 4.33. The molecule has 12 heavy (non-hydrogen) atoms. The van der Waals surface area contributed by atoms with Crippen molar-refractivity contribution in [3.8, 4) is 0 Å². The van der Waals surface area contributed by atoms with E-state index in [2.05, 4.69) is 19.9 Å². The van der Waals surface area contributed by atoms with E-state index < -0.39 is 0 Å². The van der Waals surface area contributed by atoms with Gasteiger partial charge in [-0.05, 0) is 34.1 Å². The van der Waals surface area contributed by atoms with Crippen molar-refractivity contribution in [2.45, 2.75) is 45.8 Å². The second-order valence-corrected chi connectivity index (χ2v) is 4.08. The van der Waals surface area contributed by atoms with E-state index in [1.165, 1.54) is 5.57 Å². The van der Waals surface area contributed by atoms with Crippen LogP contribution in [0.3, 0.4) is 0 Å². The molecule has 2 N–H and O–H groups in total. The molecule has 0 bridgehead atoms. The highest BCUT2D eigenvalue weighted by Crippen LogP contribution is 2.15. The van der Waals surface area contributed by atoms with Gasteiger partial charge in [-0.25, -0.2) is 0 Å². The SMILES string of the molecule is COC(C)(C)CC(N)C=C(C)C. The number of nitrogens with two attached hydrogens (primary N) is 1. The molecule has 0 saturated carbocycles. The number of allylic oxidation sites excluding steroid dienone is 1. The lowest BCUT2D eigenvalue weighted by Crippen LogP contribution is -2.32. The summed E-state index contributed by atoms with van der Waals surface area (Å²) in [7, 11) is 1.72. The molecule has 0 rings (SSSR count). The molecule has 1 atom stereocenters. The van der Waals surface area contributed by atoms with E-state index in [9.17, 15) is 0 Å². The Balaban J connectivity index is 4.00. The summed E-state index contributed by atoms with van der Waals surface area (Å²) in [6, 6.07) is 0.102. The Bertz CT molecular complexity index is 157. The Hall–Kier alpha value is -0.340. The molecule has 72 valence electrons. The molecule has 2 nitrogen and oxygen atoms in total. The summed E-state index contributed by atoms with van der Waals surface area (Å²) in [4.78, 5) is 0. The van der Waals surface area contributed by atoms with Crippen molar-refractivity contribution in [1.82, 2.24) is 0 Å². The fourth-order valence-electron chi connectivity index (χ4n) is 1.14. The molecular formula is C10H21NO. The van der Waals surface area contributed by atoms with Gasteiger partial charge in [0.25, 0.3) is 0 Å². The molecule has 1 unspecified atom stereocenters. The van der Waals surface area contributed by atoms with E-state index >= 15 is 0 Å². The Labute approximate surface area is 75.8 Å². The van der Waals surface area contributed by atoms with Crippen LogP contribution in [-0.4, -0.2) is 18.8 Å². The highest BCUT2D eigenvalue weighted by molar-refractivity contribution is 5.01. The zero-order chi connectivity index (χ0) is 9.78. The molecule has 0 aliphatic carbocycles. The molecule has 0 aliphatic rings. The van der Waals surface area contributed by atoms with Gasteiger partial charge in [0.1, 0.15) is 0 Å². The number of hydrogen-bond donors (Lipinski definition) is 1. The zero-order valence-electron chi connectivity index (χ0n) is 8.85. The second-order valence-electron chi connectivity index (χ2n) is 4.08. The zero-order valence-corrected chi connectivity index (χ0v) is 8.85. The molecule has 0 heterocycles. The summed E-state index contributed by atoms with van der Waals surface area (Å²) < 4.78 is 5.28. The van der Waals surface area contributed by atoms with E-state index in [0.717, 1.165) is 6.42 Å². The summed E-state index contributed by atoms with van der Waals surface area (Å²) >= 11 is 0. The van der Waals surface area contributed by atoms with Crippen molar-refractivity contribution in [2.75, 3.05) is 7.11 Å². The maximum atomic E-state index is 5.88. The van der Waals surface area contributed by atoms with Crippen LogP contribution in [0.4, 0.5) is 0 Å². The van der Waals surface area contributed by atoms with Crippen LogP contribution in [0.25, 0.3) is 0 Å². The Morgan fingerprint density at radius 1 is 1.50 bits per heavy atom. The van der Waals surface area contributed by atoms with Crippen LogP contribution in [0.1, 0.15) is 34.1 Å². The average molecular weight is 171 g/mol. The van der Waals surface area contributed by atoms with Crippen LogP contribution in [0, 0.1) is 0 Å². The van der Waals surface area contributed by atoms with E-state index in [1.807, 2.05) is 13.8 Å². The quantitative estimate of drug-likeness (QED) is 0.657. The van der Waals surface area contributed by atoms with Crippen molar-refractivity contribution in [1.29, 1.82) is 0 Å². The van der Waals surface area contributed by atoms with Gasteiger partial charge in [0.2, 0.25) is 0 Å². The van der Waals surface area contributed by atoms with Gasteiger partial charge in [0.15, 0.2) is 0 Å². The number of ether oxygens (including phenoxy) is 1. The molecule has 0 radical (unpaired) electrons. The Morgan fingerprint density at radius 2 is 2.00 bits per heavy atom. The fourth-order valence-corrected chi connectivity index (χ4v) is 1.14. The predicted octanol–water partition coefficient (Wildman–Crippen LogP) is 2.09. The van der Waals surface area contributed by atoms with Gasteiger partial charge in [-0.2, -0.15) is 0 Å². The van der Waals surface area contributed by atoms with Crippen LogP contribution in [0.15, 0.2) is 11.6 Å². The lowest BCUT2D eigenvalue weighted by atomic mass is 9.98. The summed E-state index contributed by atoms with van der Waals surface area (Å²) in [5, 5.41) is 0. The maximum absolute atomic E-state index is 5.88. The van der Waals surface area contributed by atoms with Gasteiger partial charge in [0.05, 0.1) is 5.60 Å². The highest BCUT2D eigenvalue weighted by atomic mass is 16.5. The van der Waals surface area contributed by atoms with Gasteiger partial charge in [-0.3, -0.25) is 0 Å². The molecule has 0 spiro atoms. The summed E-state index contributed by atoms with van der Waals surface area (Å²) in [6.45, 7) is 8.21. The number of rotatable bonds is 4. The van der Waals surface area contributed by atoms with Gasteiger partial charge in [-0.15, -0.1) is 0 Å². The first-order chi connectivity index (χ1) is 5.37. The highest BCUT2D eigenvalue weighted by Gasteiger charge is 2.18. The minimum Gasteiger partial charge on any atom is -0.379 e. The van der Waals surface area contributed by atoms with Crippen LogP contribution in [0.5, 0.6) is 0 Å². The summed E-state index contributed by atoms with van der Waals surface area (Å²) in [6.07, 6.45) is 2.93. The van der Waals surface area contributed by atoms with Crippen molar-refractivity contribution < 1.29 is 4.74 Å². The van der Waals surface area contributed by atoms with Crippen LogP contribution < -0.4 is 5.73 Å². The molecule has 0 aromatic rings. The summed E-state index contributed by atoms with van der Waals surface area (Å²) in [5.41, 5.74) is 7.02. The van der Waals surface area contributed by atoms with E-state index in [-0.39, 0.29) is 11.6 Å². The third-order valence-corrected chi connectivity index (χ3v) is 1.83. The lowest BCUT2D eigenvalue weighted by molar-refractivity contribution is 0.0132. The third kappa shape index (κ3) is 5.33. The molecule has 0 aliphatic heterocycles. The maximum Gasteiger partial charge on any atom is 0.0640 e. The van der Waals surface area contributed by atoms with E-state index in [0.29, 0.717) is 0 Å². The second kappa shape index (κ2) is 4.63. The third-order valence-electron chi connectivity index (χ3n) is 1.83. The van der Waals surface area contributed by atoms with E-state index in [1.54, 1.807) is 7.11 Å². The number of hydrogen-bond acceptors (Lipinski definition) is 2. The van der Waals surface area contributed by atoms with Crippen LogP contribution in [-0.2, 0) is 4.74 Å². The van der Waals surface area contributed by atoms with Gasteiger partial charge in [0, 0.05) is 13.2 Å². The monoisotopic (exact) mass is 171 g/mol. The molecule has 2 heteroatoms. The minimum absolute atomic E-state index is 0.102. The van der Waals surface area contributed by atoms with Crippen molar-refractivity contribution in [2.24, 2.45) is 5.73 Å². The predicted molar refractivity (Wildman–Crippen MR) is 53.1 cm³/mol. The van der Waals surface area contributed by atoms with Gasteiger partial charge in [-0.1, -0.05) is 11.6 Å². The Kier molecular flexibility index (Phi) is 4.50. The van der Waals surface area contributed by atoms with Crippen molar-refractivity contribution in [3.05, 3.63) is 11.6 Å². The first-order valence-electron chi connectivity index (χ1n) is 4.33. The normalized spacial score (nSPS) is 14.2. The lowest BCUT2D eigenvalue weighted by Gasteiger charge is -2.25. The van der Waals surface area contributed by atoms with Crippen molar-refractivity contribution in [3.63, 3.8) is 0 Å². The van der Waals surface area contributed by atoms with E-state index in [4.69, 9.17) is 10.5 Å². The van der Waals surface area contributed by atoms with Gasteiger partial charge >= 0.3 is 0 Å². The van der Waals surface area contributed by atoms with Crippen LogP contribution >= 0.6 is 0 Å². The average Bonchev–Trinajstić information content (AvgIpc) is 1.84. The molecule has 0 amide bonds. The summed E-state index contributed by atoms with van der Waals surface area (Å²) in [5.74, 6) is 0. The minimum atomic E-state index is -0.120. The van der Waals surface area contributed by atoms with Crippen LogP contribution in [0.2, 0.25) is 0 Å². The fraction of sp³-hybridized carbons (Fsp3) is 0.800. The molecule has 0 fully saturated rings. The smallest absolute Gasteiger partial charge is 0.0640 e. The number of methoxy groups -OCH3 is 1. The molecule has 0 aromatic heterocycles. The standard InChI is InChI=1S/C10H21NO/c1-8(2)6-9(11)7-10(3,4)12-5/h6,9H,7,11H2,1-5H3. The van der Waals surface area contributed by atoms with Crippen molar-refractivity contribution >= 4 is 0 Å². The Morgan fingerprint density at radius 3 is 2.33 bits per heavy atom. The molecule has 0 aromatic carbocycles. The first kappa shape index (κ1) is 11.7.